The molecule has 29 heavy (non-hydrogen) atoms. The van der Waals surface area contributed by atoms with E-state index in [-0.39, 0.29) is 17.7 Å². The van der Waals surface area contributed by atoms with Gasteiger partial charge < -0.3 is 9.47 Å². The molecule has 1 unspecified atom stereocenters. The van der Waals surface area contributed by atoms with Crippen molar-refractivity contribution in [3.63, 3.8) is 0 Å². The molecular weight excluding hydrogens is 386 g/mol. The molecule has 0 radical (unpaired) electrons. The van der Waals surface area contributed by atoms with Crippen LogP contribution in [-0.4, -0.2) is 72.4 Å². The summed E-state index contributed by atoms with van der Waals surface area (Å²) in [6, 6.07) is 8.92. The summed E-state index contributed by atoms with van der Waals surface area (Å²) in [7, 11) is -2.86. The maximum atomic E-state index is 12.8. The lowest BCUT2D eigenvalue weighted by Crippen LogP contribution is -2.52. The molecule has 2 fully saturated rings. The third-order valence-electron chi connectivity index (χ3n) is 6.38. The Morgan fingerprint density at radius 3 is 2.52 bits per heavy atom. The molecule has 7 heteroatoms. The number of hydrogen-bond acceptors (Lipinski definition) is 4. The molecule has 2 aromatic rings. The van der Waals surface area contributed by atoms with Crippen molar-refractivity contribution in [3.8, 4) is 0 Å². The van der Waals surface area contributed by atoms with Crippen molar-refractivity contribution < 1.29 is 13.2 Å². The van der Waals surface area contributed by atoms with Gasteiger partial charge in [-0.05, 0) is 38.3 Å². The second-order valence-electron chi connectivity index (χ2n) is 8.65. The van der Waals surface area contributed by atoms with E-state index in [1.54, 1.807) is 0 Å². The van der Waals surface area contributed by atoms with Gasteiger partial charge in [0.2, 0.25) is 5.91 Å². The van der Waals surface area contributed by atoms with E-state index < -0.39 is 9.84 Å². The van der Waals surface area contributed by atoms with E-state index in [9.17, 15) is 13.2 Å². The van der Waals surface area contributed by atoms with Crippen LogP contribution < -0.4 is 0 Å². The van der Waals surface area contributed by atoms with Gasteiger partial charge in [-0.1, -0.05) is 18.2 Å². The Morgan fingerprint density at radius 2 is 1.86 bits per heavy atom. The van der Waals surface area contributed by atoms with Crippen LogP contribution in [0.2, 0.25) is 0 Å². The molecule has 3 heterocycles. The molecule has 1 atom stereocenters. The number of amides is 1. The van der Waals surface area contributed by atoms with E-state index in [1.807, 2.05) is 4.90 Å². The average Bonchev–Trinajstić information content (AvgIpc) is 3.26. The molecule has 6 nitrogen and oxygen atoms in total. The predicted molar refractivity (Wildman–Crippen MR) is 116 cm³/mol. The largest absolute Gasteiger partial charge is 0.345 e. The maximum absolute atomic E-state index is 12.8. The Labute approximate surface area is 173 Å². The van der Waals surface area contributed by atoms with Crippen molar-refractivity contribution in [1.29, 1.82) is 0 Å². The highest BCUT2D eigenvalue weighted by Crippen LogP contribution is 2.26. The summed E-state index contributed by atoms with van der Waals surface area (Å²) in [4.78, 5) is 17.0. The molecule has 0 bridgehead atoms. The van der Waals surface area contributed by atoms with Crippen LogP contribution in [0.5, 0.6) is 0 Å². The number of hydrogen-bond donors (Lipinski definition) is 0. The van der Waals surface area contributed by atoms with Crippen LogP contribution in [0.25, 0.3) is 10.9 Å². The molecule has 0 aliphatic carbocycles. The van der Waals surface area contributed by atoms with Crippen LogP contribution in [0.3, 0.4) is 0 Å². The zero-order chi connectivity index (χ0) is 20.6. The molecule has 0 spiro atoms. The fourth-order valence-corrected chi connectivity index (χ4v) is 6.46. The van der Waals surface area contributed by atoms with Gasteiger partial charge in [0.1, 0.15) is 0 Å². The number of carbonyl (C=O) groups excluding carboxylic acids is 1. The van der Waals surface area contributed by atoms with E-state index in [2.05, 4.69) is 53.8 Å². The topological polar surface area (TPSA) is 62.6 Å². The van der Waals surface area contributed by atoms with E-state index in [4.69, 9.17) is 0 Å². The van der Waals surface area contributed by atoms with Crippen molar-refractivity contribution in [1.82, 2.24) is 14.4 Å². The molecule has 0 saturated carbocycles. The molecule has 1 aromatic carbocycles. The molecular formula is C22H31N3O3S. The van der Waals surface area contributed by atoms with E-state index in [0.717, 1.165) is 25.9 Å². The average molecular weight is 418 g/mol. The Bertz CT molecular complexity index is 988. The van der Waals surface area contributed by atoms with E-state index in [1.165, 1.54) is 16.5 Å². The number of aryl methyl sites for hydroxylation is 1. The second kappa shape index (κ2) is 8.11. The van der Waals surface area contributed by atoms with E-state index in [0.29, 0.717) is 31.3 Å². The van der Waals surface area contributed by atoms with Crippen molar-refractivity contribution >= 4 is 26.6 Å². The highest BCUT2D eigenvalue weighted by Gasteiger charge is 2.34. The lowest BCUT2D eigenvalue weighted by Gasteiger charge is -2.37. The zero-order valence-electron chi connectivity index (χ0n) is 17.4. The first-order valence-electron chi connectivity index (χ1n) is 10.6. The number of fused-ring (bicyclic) bond motifs is 1. The summed E-state index contributed by atoms with van der Waals surface area (Å²) in [5.74, 6) is 0.784. The standard InChI is InChI=1S/C22H31N3O3S/c1-17(2)25-15-18(20-5-3-4-6-21(20)25)7-8-22(26)24-12-10-23(11-13-24)19-9-14-29(27,28)16-19/h3-6,15,17,19H,7-14,16H2,1-2H3. The van der Waals surface area contributed by atoms with Gasteiger partial charge in [0, 0.05) is 61.8 Å². The molecule has 2 aliphatic heterocycles. The quantitative estimate of drug-likeness (QED) is 0.750. The van der Waals surface area contributed by atoms with Gasteiger partial charge in [0.25, 0.3) is 0 Å². The first-order chi connectivity index (χ1) is 13.8. The summed E-state index contributed by atoms with van der Waals surface area (Å²) in [5, 5.41) is 1.24. The van der Waals surface area contributed by atoms with Gasteiger partial charge in [-0.15, -0.1) is 0 Å². The monoisotopic (exact) mass is 417 g/mol. The van der Waals surface area contributed by atoms with Crippen LogP contribution in [0, 0.1) is 0 Å². The Hall–Kier alpha value is -1.86. The van der Waals surface area contributed by atoms with Crippen LogP contribution in [0.4, 0.5) is 0 Å². The smallest absolute Gasteiger partial charge is 0.222 e. The minimum atomic E-state index is -2.86. The van der Waals surface area contributed by atoms with E-state index >= 15 is 0 Å². The molecule has 1 amide bonds. The number of benzene rings is 1. The van der Waals surface area contributed by atoms with Crippen molar-refractivity contribution in [2.45, 2.75) is 45.2 Å². The third kappa shape index (κ3) is 4.36. The third-order valence-corrected chi connectivity index (χ3v) is 8.13. The zero-order valence-corrected chi connectivity index (χ0v) is 18.2. The van der Waals surface area contributed by atoms with Gasteiger partial charge >= 0.3 is 0 Å². The van der Waals surface area contributed by atoms with Gasteiger partial charge in [0.05, 0.1) is 11.5 Å². The minimum absolute atomic E-state index is 0.138. The predicted octanol–water partition coefficient (Wildman–Crippen LogP) is 2.49. The number of nitrogens with zero attached hydrogens (tertiary/aromatic N) is 3. The highest BCUT2D eigenvalue weighted by molar-refractivity contribution is 7.91. The minimum Gasteiger partial charge on any atom is -0.345 e. The summed E-state index contributed by atoms with van der Waals surface area (Å²) >= 11 is 0. The van der Waals surface area contributed by atoms with Crippen LogP contribution >= 0.6 is 0 Å². The van der Waals surface area contributed by atoms with Gasteiger partial charge in [-0.25, -0.2) is 8.42 Å². The highest BCUT2D eigenvalue weighted by atomic mass is 32.2. The lowest BCUT2D eigenvalue weighted by molar-refractivity contribution is -0.133. The molecule has 0 N–H and O–H groups in total. The SMILES string of the molecule is CC(C)n1cc(CCC(=O)N2CCN(C3CCS(=O)(=O)C3)CC2)c2ccccc21. The molecule has 1 aromatic heterocycles. The first kappa shape index (κ1) is 20.4. The number of piperazine rings is 1. The Morgan fingerprint density at radius 1 is 1.14 bits per heavy atom. The van der Waals surface area contributed by atoms with Gasteiger partial charge in [-0.2, -0.15) is 0 Å². The van der Waals surface area contributed by atoms with Gasteiger partial charge in [0.15, 0.2) is 9.84 Å². The number of aromatic nitrogens is 1. The van der Waals surface area contributed by atoms with Crippen molar-refractivity contribution in [2.75, 3.05) is 37.7 Å². The summed E-state index contributed by atoms with van der Waals surface area (Å²) < 4.78 is 25.7. The fraction of sp³-hybridized carbons (Fsp3) is 0.591. The number of para-hydroxylation sites is 1. The maximum Gasteiger partial charge on any atom is 0.222 e. The normalized spacial score (nSPS) is 22.6. The Kier molecular flexibility index (Phi) is 5.71. The van der Waals surface area contributed by atoms with Crippen molar-refractivity contribution in [2.24, 2.45) is 0 Å². The molecule has 4 rings (SSSR count). The Balaban J connectivity index is 1.34. The summed E-state index contributed by atoms with van der Waals surface area (Å²) in [6.07, 6.45) is 4.20. The number of carbonyl (C=O) groups is 1. The summed E-state index contributed by atoms with van der Waals surface area (Å²) in [6.45, 7) is 7.30. The second-order valence-corrected chi connectivity index (χ2v) is 10.9. The lowest BCUT2D eigenvalue weighted by atomic mass is 10.1. The molecule has 2 saturated heterocycles. The molecule has 158 valence electrons. The van der Waals surface area contributed by atoms with Crippen molar-refractivity contribution in [3.05, 3.63) is 36.0 Å². The summed E-state index contributed by atoms with van der Waals surface area (Å²) in [5.41, 5.74) is 2.46. The van der Waals surface area contributed by atoms with Crippen LogP contribution in [0.1, 0.15) is 38.3 Å². The first-order valence-corrected chi connectivity index (χ1v) is 12.5. The molecule has 2 aliphatic rings. The number of sulfone groups is 1. The van der Waals surface area contributed by atoms with Gasteiger partial charge in [-0.3, -0.25) is 9.69 Å². The van der Waals surface area contributed by atoms with Crippen LogP contribution in [0.15, 0.2) is 30.5 Å². The fourth-order valence-electron chi connectivity index (χ4n) is 4.70. The van der Waals surface area contributed by atoms with Crippen LogP contribution in [-0.2, 0) is 21.1 Å². The number of rotatable bonds is 5.